The zero-order valence-electron chi connectivity index (χ0n) is 10.4. The van der Waals surface area contributed by atoms with Crippen LogP contribution in [-0.4, -0.2) is 13.7 Å². The van der Waals surface area contributed by atoms with E-state index in [1.54, 1.807) is 24.7 Å². The van der Waals surface area contributed by atoms with E-state index < -0.39 is 0 Å². The van der Waals surface area contributed by atoms with Crippen molar-refractivity contribution >= 4 is 0 Å². The van der Waals surface area contributed by atoms with Gasteiger partial charge in [0.05, 0.1) is 31.2 Å². The van der Waals surface area contributed by atoms with Gasteiger partial charge >= 0.3 is 0 Å². The van der Waals surface area contributed by atoms with Crippen LogP contribution in [-0.2, 0) is 0 Å². The predicted molar refractivity (Wildman–Crippen MR) is 67.2 cm³/mol. The summed E-state index contributed by atoms with van der Waals surface area (Å²) in [4.78, 5) is 0. The lowest BCUT2D eigenvalue weighted by molar-refractivity contribution is 0.397. The Morgan fingerprint density at radius 2 is 2.22 bits per heavy atom. The number of benzene rings is 1. The van der Waals surface area contributed by atoms with Gasteiger partial charge in [-0.15, -0.1) is 0 Å². The lowest BCUT2D eigenvalue weighted by atomic mass is 9.99. The summed E-state index contributed by atoms with van der Waals surface area (Å²) in [7, 11) is 1.54. The van der Waals surface area contributed by atoms with Gasteiger partial charge in [0.15, 0.2) is 0 Å². The second-order valence-corrected chi connectivity index (χ2v) is 3.90. The van der Waals surface area contributed by atoms with Crippen LogP contribution in [0, 0.1) is 5.82 Å². The maximum atomic E-state index is 14.1. The van der Waals surface area contributed by atoms with Crippen LogP contribution in [0.5, 0.6) is 5.75 Å². The number of halogens is 1. The molecule has 1 atom stereocenters. The molecule has 1 N–H and O–H groups in total. The highest BCUT2D eigenvalue weighted by atomic mass is 19.1. The molecule has 0 aliphatic carbocycles. The molecule has 0 aliphatic rings. The molecule has 0 saturated heterocycles. The quantitative estimate of drug-likeness (QED) is 0.884. The number of hydrogen-bond acceptors (Lipinski definition) is 3. The predicted octanol–water partition coefficient (Wildman–Crippen LogP) is 3.13. The smallest absolute Gasteiger partial charge is 0.132 e. The number of methoxy groups -OCH3 is 1. The molecule has 18 heavy (non-hydrogen) atoms. The summed E-state index contributed by atoms with van der Waals surface area (Å²) in [6.07, 6.45) is 3.19. The third kappa shape index (κ3) is 2.38. The van der Waals surface area contributed by atoms with Gasteiger partial charge in [-0.25, -0.2) is 4.39 Å². The number of hydrogen-bond donors (Lipinski definition) is 1. The fourth-order valence-electron chi connectivity index (χ4n) is 2.01. The van der Waals surface area contributed by atoms with Crippen LogP contribution in [0.15, 0.2) is 41.2 Å². The van der Waals surface area contributed by atoms with Gasteiger partial charge in [-0.3, -0.25) is 0 Å². The van der Waals surface area contributed by atoms with Crippen LogP contribution in [0.2, 0.25) is 0 Å². The number of nitrogens with one attached hydrogen (secondary N) is 1. The highest BCUT2D eigenvalue weighted by Gasteiger charge is 2.22. The van der Waals surface area contributed by atoms with Crippen LogP contribution in [0.3, 0.4) is 0 Å². The van der Waals surface area contributed by atoms with Crippen molar-refractivity contribution in [3.8, 4) is 5.75 Å². The first kappa shape index (κ1) is 12.6. The maximum absolute atomic E-state index is 14.1. The summed E-state index contributed by atoms with van der Waals surface area (Å²) in [5.41, 5.74) is 1.38. The van der Waals surface area contributed by atoms with Gasteiger partial charge in [0.2, 0.25) is 0 Å². The molecule has 1 aromatic carbocycles. The molecule has 0 saturated carbocycles. The average Bonchev–Trinajstić information content (AvgIpc) is 2.90. The molecule has 96 valence electrons. The number of ether oxygens (including phenoxy) is 1. The van der Waals surface area contributed by atoms with E-state index in [4.69, 9.17) is 9.15 Å². The van der Waals surface area contributed by atoms with Gasteiger partial charge in [0.1, 0.15) is 11.6 Å². The van der Waals surface area contributed by atoms with E-state index >= 15 is 0 Å². The van der Waals surface area contributed by atoms with Crippen molar-refractivity contribution in [3.63, 3.8) is 0 Å². The Labute approximate surface area is 106 Å². The molecule has 0 fully saturated rings. The zero-order chi connectivity index (χ0) is 13.0. The standard InChI is InChI=1S/C14H16FNO2/c1-3-16-14(10-7-8-18-9-10)13-11(15)5-4-6-12(13)17-2/h4-9,14,16H,3H2,1-2H3. The van der Waals surface area contributed by atoms with E-state index in [0.717, 1.165) is 5.56 Å². The molecule has 0 radical (unpaired) electrons. The van der Waals surface area contributed by atoms with Crippen molar-refractivity contribution in [2.75, 3.05) is 13.7 Å². The molecule has 0 aliphatic heterocycles. The molecule has 1 unspecified atom stereocenters. The molecule has 2 rings (SSSR count). The Bertz CT molecular complexity index is 497. The monoisotopic (exact) mass is 249 g/mol. The molecule has 0 spiro atoms. The van der Waals surface area contributed by atoms with Crippen LogP contribution < -0.4 is 10.1 Å². The summed E-state index contributed by atoms with van der Waals surface area (Å²) in [6.45, 7) is 2.69. The van der Waals surface area contributed by atoms with Crippen LogP contribution in [0.1, 0.15) is 24.1 Å². The van der Waals surface area contributed by atoms with Crippen molar-refractivity contribution in [1.29, 1.82) is 0 Å². The van der Waals surface area contributed by atoms with Gasteiger partial charge in [0, 0.05) is 5.56 Å². The Hall–Kier alpha value is -1.81. The van der Waals surface area contributed by atoms with Gasteiger partial charge in [-0.05, 0) is 24.7 Å². The van der Waals surface area contributed by atoms with E-state index in [9.17, 15) is 4.39 Å². The molecular formula is C14H16FNO2. The van der Waals surface area contributed by atoms with Crippen molar-refractivity contribution in [2.24, 2.45) is 0 Å². The zero-order valence-corrected chi connectivity index (χ0v) is 10.4. The summed E-state index contributed by atoms with van der Waals surface area (Å²) < 4.78 is 24.4. The first-order valence-electron chi connectivity index (χ1n) is 5.85. The topological polar surface area (TPSA) is 34.4 Å². The minimum absolute atomic E-state index is 0.273. The Morgan fingerprint density at radius 3 is 2.83 bits per heavy atom. The SMILES string of the molecule is CCNC(c1ccoc1)c1c(F)cccc1OC. The molecule has 2 aromatic rings. The Balaban J connectivity index is 2.49. The Morgan fingerprint density at radius 1 is 1.39 bits per heavy atom. The third-order valence-electron chi connectivity index (χ3n) is 2.81. The molecule has 1 heterocycles. The second-order valence-electron chi connectivity index (χ2n) is 3.90. The highest BCUT2D eigenvalue weighted by molar-refractivity contribution is 5.41. The first-order valence-corrected chi connectivity index (χ1v) is 5.85. The van der Waals surface area contributed by atoms with E-state index in [2.05, 4.69) is 5.32 Å². The molecule has 1 aromatic heterocycles. The highest BCUT2D eigenvalue weighted by Crippen LogP contribution is 2.32. The first-order chi connectivity index (χ1) is 8.77. The summed E-state index contributed by atoms with van der Waals surface area (Å²) in [5, 5.41) is 3.24. The van der Waals surface area contributed by atoms with Crippen molar-refractivity contribution in [1.82, 2.24) is 5.32 Å². The lowest BCUT2D eigenvalue weighted by Crippen LogP contribution is -2.23. The lowest BCUT2D eigenvalue weighted by Gasteiger charge is -2.20. The van der Waals surface area contributed by atoms with Crippen LogP contribution in [0.25, 0.3) is 0 Å². The molecule has 0 bridgehead atoms. The fraction of sp³-hybridized carbons (Fsp3) is 0.286. The normalized spacial score (nSPS) is 12.4. The summed E-state index contributed by atoms with van der Waals surface area (Å²) >= 11 is 0. The van der Waals surface area contributed by atoms with E-state index in [1.165, 1.54) is 13.2 Å². The molecule has 0 amide bonds. The van der Waals surface area contributed by atoms with Crippen molar-refractivity contribution < 1.29 is 13.5 Å². The largest absolute Gasteiger partial charge is 0.496 e. The molecule has 4 heteroatoms. The van der Waals surface area contributed by atoms with Crippen molar-refractivity contribution in [3.05, 3.63) is 53.7 Å². The Kier molecular flexibility index (Phi) is 3.99. The van der Waals surface area contributed by atoms with Crippen molar-refractivity contribution in [2.45, 2.75) is 13.0 Å². The molecule has 3 nitrogen and oxygen atoms in total. The summed E-state index contributed by atoms with van der Waals surface area (Å²) in [6, 6.07) is 6.37. The van der Waals surface area contributed by atoms with E-state index in [-0.39, 0.29) is 11.9 Å². The fourth-order valence-corrected chi connectivity index (χ4v) is 2.01. The van der Waals surface area contributed by atoms with Crippen LogP contribution in [0.4, 0.5) is 4.39 Å². The summed E-state index contributed by atoms with van der Waals surface area (Å²) in [5.74, 6) is 0.239. The number of rotatable bonds is 5. The van der Waals surface area contributed by atoms with E-state index in [0.29, 0.717) is 17.9 Å². The van der Waals surface area contributed by atoms with Gasteiger partial charge in [0.25, 0.3) is 0 Å². The average molecular weight is 249 g/mol. The minimum Gasteiger partial charge on any atom is -0.496 e. The minimum atomic E-state index is -0.290. The number of furan rings is 1. The van der Waals surface area contributed by atoms with Gasteiger partial charge in [-0.2, -0.15) is 0 Å². The van der Waals surface area contributed by atoms with Gasteiger partial charge in [-0.1, -0.05) is 13.0 Å². The van der Waals surface area contributed by atoms with Crippen LogP contribution >= 0.6 is 0 Å². The van der Waals surface area contributed by atoms with E-state index in [1.807, 2.05) is 13.0 Å². The second kappa shape index (κ2) is 5.69. The maximum Gasteiger partial charge on any atom is 0.132 e. The van der Waals surface area contributed by atoms with Gasteiger partial charge < -0.3 is 14.5 Å². The third-order valence-corrected chi connectivity index (χ3v) is 2.81. The molecular weight excluding hydrogens is 233 g/mol.